The summed E-state index contributed by atoms with van der Waals surface area (Å²) < 4.78 is 9.44. The largest absolute Gasteiger partial charge is 0.543 e. The number of amidine groups is 1. The molecule has 2 aromatic heterocycles. The Balaban J connectivity index is 1.78. The molecule has 0 amide bonds. The number of fused-ring (bicyclic) bond motifs is 1. The van der Waals surface area contributed by atoms with E-state index in [0.717, 1.165) is 51.8 Å². The number of aryl methyl sites for hydroxylation is 1. The van der Waals surface area contributed by atoms with Gasteiger partial charge in [0.2, 0.25) is 8.32 Å². The number of nitrogens with two attached hydrogens (primary N) is 1. The van der Waals surface area contributed by atoms with Crippen molar-refractivity contribution in [2.75, 3.05) is 0 Å². The Bertz CT molecular complexity index is 1270. The van der Waals surface area contributed by atoms with Gasteiger partial charge in [0.05, 0.1) is 16.8 Å². The highest BCUT2D eigenvalue weighted by atomic mass is 79.9. The van der Waals surface area contributed by atoms with Crippen LogP contribution >= 0.6 is 28.6 Å². The molecule has 2 heterocycles. The number of benzene rings is 1. The Morgan fingerprint density at radius 3 is 2.57 bits per heavy atom. The number of nitrogens with zero attached hydrogens (tertiary/aromatic N) is 3. The predicted molar refractivity (Wildman–Crippen MR) is 155 cm³/mol. The Morgan fingerprint density at radius 1 is 1.26 bits per heavy atom. The van der Waals surface area contributed by atoms with Crippen LogP contribution in [0.5, 0.6) is 5.75 Å². The van der Waals surface area contributed by atoms with Crippen molar-refractivity contribution in [2.45, 2.75) is 88.9 Å². The lowest BCUT2D eigenvalue weighted by Gasteiger charge is -2.36. The summed E-state index contributed by atoms with van der Waals surface area (Å²) in [5.74, 6) is 1.81. The van der Waals surface area contributed by atoms with Crippen LogP contribution in [0, 0.1) is 0 Å². The summed E-state index contributed by atoms with van der Waals surface area (Å²) in [5.41, 5.74) is 11.9. The monoisotopic (exact) mass is 572 g/mol. The molecule has 0 atom stereocenters. The average Bonchev–Trinajstić information content (AvgIpc) is 3.41. The fourth-order valence-corrected chi connectivity index (χ4v) is 6.40. The third-order valence-electron chi connectivity index (χ3n) is 7.61. The topological polar surface area (TPSA) is 64.9 Å². The summed E-state index contributed by atoms with van der Waals surface area (Å²) in [6.07, 6.45) is 7.57. The highest BCUT2D eigenvalue weighted by Gasteiger charge is 2.39. The molecule has 0 spiro atoms. The van der Waals surface area contributed by atoms with Gasteiger partial charge in [0.15, 0.2) is 0 Å². The molecule has 3 aromatic rings. The Hall–Kier alpha value is -1.77. The second-order valence-corrected chi connectivity index (χ2v) is 17.1. The van der Waals surface area contributed by atoms with E-state index in [2.05, 4.69) is 74.0 Å². The summed E-state index contributed by atoms with van der Waals surface area (Å²) in [5, 5.41) is 5.44. The van der Waals surface area contributed by atoms with Crippen molar-refractivity contribution in [3.63, 3.8) is 0 Å². The first-order valence-electron chi connectivity index (χ1n) is 12.5. The lowest BCUT2D eigenvalue weighted by Crippen LogP contribution is -2.43. The zero-order chi connectivity index (χ0) is 25.5. The molecule has 2 N–H and O–H groups in total. The smallest absolute Gasteiger partial charge is 0.250 e. The molecular formula is C27H37BrN4OSSi. The van der Waals surface area contributed by atoms with E-state index in [9.17, 15) is 0 Å². The van der Waals surface area contributed by atoms with Crippen LogP contribution in [-0.2, 0) is 6.42 Å². The van der Waals surface area contributed by atoms with E-state index in [0.29, 0.717) is 16.8 Å². The van der Waals surface area contributed by atoms with Crippen LogP contribution in [-0.4, -0.2) is 23.8 Å². The number of rotatable bonds is 6. The third kappa shape index (κ3) is 5.34. The molecule has 0 unspecified atom stereocenters. The van der Waals surface area contributed by atoms with Gasteiger partial charge in [0.25, 0.3) is 0 Å². The van der Waals surface area contributed by atoms with Gasteiger partial charge in [-0.25, -0.2) is 9.51 Å². The van der Waals surface area contributed by atoms with Gasteiger partial charge in [0, 0.05) is 10.7 Å². The SMILES string of the molecule is CCc1cc(O[Si](C)(C)C(C)(C)C)ccc1N=C(N)c1c(S)nn2cc(Br)cc2c1C1CCCC1. The molecule has 35 heavy (non-hydrogen) atoms. The lowest BCUT2D eigenvalue weighted by atomic mass is 9.93. The maximum absolute atomic E-state index is 6.73. The molecule has 188 valence electrons. The van der Waals surface area contributed by atoms with Crippen molar-refractivity contribution >= 4 is 53.9 Å². The summed E-state index contributed by atoms with van der Waals surface area (Å²) in [6, 6.07) is 8.30. The Morgan fingerprint density at radius 2 is 1.94 bits per heavy atom. The summed E-state index contributed by atoms with van der Waals surface area (Å²) in [7, 11) is -1.92. The number of aromatic nitrogens is 2. The quantitative estimate of drug-likeness (QED) is 0.136. The maximum Gasteiger partial charge on any atom is 0.250 e. The second-order valence-electron chi connectivity index (χ2n) is 11.1. The van der Waals surface area contributed by atoms with Gasteiger partial charge in [-0.05, 0) is 94.6 Å². The maximum atomic E-state index is 6.73. The molecule has 4 rings (SSSR count). The normalized spacial score (nSPS) is 15.8. The van der Waals surface area contributed by atoms with Crippen LogP contribution in [0.1, 0.15) is 76.0 Å². The van der Waals surface area contributed by atoms with Crippen LogP contribution in [0.3, 0.4) is 0 Å². The van der Waals surface area contributed by atoms with Crippen molar-refractivity contribution in [1.29, 1.82) is 0 Å². The van der Waals surface area contributed by atoms with Crippen LogP contribution in [0.2, 0.25) is 18.1 Å². The fourth-order valence-electron chi connectivity index (χ4n) is 4.64. The fraction of sp³-hybridized carbons (Fsp3) is 0.481. The van der Waals surface area contributed by atoms with Gasteiger partial charge in [-0.2, -0.15) is 5.10 Å². The van der Waals surface area contributed by atoms with Crippen molar-refractivity contribution in [1.82, 2.24) is 9.61 Å². The predicted octanol–water partition coefficient (Wildman–Crippen LogP) is 8.03. The van der Waals surface area contributed by atoms with Crippen molar-refractivity contribution in [2.24, 2.45) is 10.7 Å². The molecule has 1 aliphatic carbocycles. The van der Waals surface area contributed by atoms with Gasteiger partial charge in [-0.15, -0.1) is 12.6 Å². The first-order valence-corrected chi connectivity index (χ1v) is 16.6. The lowest BCUT2D eigenvalue weighted by molar-refractivity contribution is 0.492. The van der Waals surface area contributed by atoms with Gasteiger partial charge in [-0.1, -0.05) is 40.5 Å². The van der Waals surface area contributed by atoms with Crippen LogP contribution < -0.4 is 10.2 Å². The molecule has 1 fully saturated rings. The molecule has 0 bridgehead atoms. The zero-order valence-electron chi connectivity index (χ0n) is 21.7. The molecule has 0 aliphatic heterocycles. The van der Waals surface area contributed by atoms with Crippen molar-refractivity contribution in [3.8, 4) is 5.75 Å². The number of hydrogen-bond acceptors (Lipinski definition) is 4. The molecule has 1 aromatic carbocycles. The summed E-state index contributed by atoms with van der Waals surface area (Å²) in [6.45, 7) is 13.4. The third-order valence-corrected chi connectivity index (χ3v) is 12.7. The Kier molecular flexibility index (Phi) is 7.47. The minimum atomic E-state index is -1.92. The van der Waals surface area contributed by atoms with Crippen molar-refractivity contribution < 1.29 is 4.43 Å². The average molecular weight is 574 g/mol. The van der Waals surface area contributed by atoms with Crippen LogP contribution in [0.4, 0.5) is 5.69 Å². The molecule has 0 saturated heterocycles. The first-order chi connectivity index (χ1) is 16.4. The van der Waals surface area contributed by atoms with E-state index >= 15 is 0 Å². The molecule has 0 radical (unpaired) electrons. The zero-order valence-corrected chi connectivity index (χ0v) is 25.1. The van der Waals surface area contributed by atoms with E-state index in [1.165, 1.54) is 18.4 Å². The summed E-state index contributed by atoms with van der Waals surface area (Å²) in [4.78, 5) is 4.93. The van der Waals surface area contributed by atoms with Gasteiger partial charge in [0.1, 0.15) is 16.6 Å². The van der Waals surface area contributed by atoms with E-state index in [4.69, 9.17) is 27.8 Å². The highest BCUT2D eigenvalue weighted by Crippen LogP contribution is 2.41. The van der Waals surface area contributed by atoms with E-state index in [1.54, 1.807) is 0 Å². The van der Waals surface area contributed by atoms with E-state index < -0.39 is 8.32 Å². The second kappa shape index (κ2) is 9.94. The number of halogens is 1. The standard InChI is InChI=1S/C27H37BrN4OSSi/c1-7-17-14-20(33-35(5,6)27(2,3)4)12-13-21(17)30-25(29)24-23(18-10-8-9-11-18)22-15-19(28)16-32(22)31-26(24)34/h12-16,18H,7-11H2,1-6H3,(H2,29,30)(H,31,34). The van der Waals surface area contributed by atoms with E-state index in [1.807, 2.05) is 22.8 Å². The minimum Gasteiger partial charge on any atom is -0.543 e. The molecule has 5 nitrogen and oxygen atoms in total. The minimum absolute atomic E-state index is 0.139. The van der Waals surface area contributed by atoms with Crippen LogP contribution in [0.25, 0.3) is 5.52 Å². The first kappa shape index (κ1) is 26.3. The molecule has 1 aliphatic rings. The van der Waals surface area contributed by atoms with E-state index in [-0.39, 0.29) is 5.04 Å². The highest BCUT2D eigenvalue weighted by molar-refractivity contribution is 9.10. The van der Waals surface area contributed by atoms with Crippen molar-refractivity contribution in [3.05, 3.63) is 51.6 Å². The Labute approximate surface area is 224 Å². The molecule has 1 saturated carbocycles. The van der Waals surface area contributed by atoms with Gasteiger partial charge < -0.3 is 10.2 Å². The number of thiol groups is 1. The van der Waals surface area contributed by atoms with Gasteiger partial charge >= 0.3 is 0 Å². The molecule has 8 heteroatoms. The number of hydrogen-bond donors (Lipinski definition) is 2. The molecular weight excluding hydrogens is 536 g/mol. The van der Waals surface area contributed by atoms with Crippen LogP contribution in [0.15, 0.2) is 45.0 Å². The number of aliphatic imine (C=N–C) groups is 1. The summed E-state index contributed by atoms with van der Waals surface area (Å²) >= 11 is 8.38. The van der Waals surface area contributed by atoms with Gasteiger partial charge in [-0.3, -0.25) is 0 Å².